The van der Waals surface area contributed by atoms with E-state index in [0.717, 1.165) is 30.8 Å². The number of amides is 1. The highest BCUT2D eigenvalue weighted by atomic mass is 19.4. The Hall–Kier alpha value is -4.15. The molecule has 0 saturated carbocycles. The zero-order valence-electron chi connectivity index (χ0n) is 18.6. The van der Waals surface area contributed by atoms with Crippen molar-refractivity contribution in [1.82, 2.24) is 24.4 Å². The number of likely N-dealkylation sites (tertiary alicyclic amines) is 1. The predicted octanol–water partition coefficient (Wildman–Crippen LogP) is 4.95. The number of benzene rings is 2. The van der Waals surface area contributed by atoms with Gasteiger partial charge in [-0.05, 0) is 42.8 Å². The Morgan fingerprint density at radius 1 is 0.914 bits per heavy atom. The minimum atomic E-state index is -4.41. The van der Waals surface area contributed by atoms with E-state index in [1.165, 1.54) is 12.1 Å². The van der Waals surface area contributed by atoms with Crippen molar-refractivity contribution in [1.29, 1.82) is 0 Å². The fourth-order valence-corrected chi connectivity index (χ4v) is 3.95. The summed E-state index contributed by atoms with van der Waals surface area (Å²) >= 11 is 0. The number of imidazole rings is 1. The molecule has 180 valence electrons. The second-order valence-electron chi connectivity index (χ2n) is 8.18. The first-order valence-electron chi connectivity index (χ1n) is 11.1. The summed E-state index contributed by atoms with van der Waals surface area (Å²) in [6.07, 6.45) is -1.33. The second-order valence-corrected chi connectivity index (χ2v) is 8.18. The highest BCUT2D eigenvalue weighted by Crippen LogP contribution is 2.31. The highest BCUT2D eigenvalue weighted by molar-refractivity contribution is 5.87. The van der Waals surface area contributed by atoms with Gasteiger partial charge in [0.25, 0.3) is 0 Å². The number of carbonyl (C=O) groups is 1. The van der Waals surface area contributed by atoms with Gasteiger partial charge in [-0.15, -0.1) is 0 Å². The molecule has 4 aromatic rings. The zero-order valence-corrected chi connectivity index (χ0v) is 18.6. The van der Waals surface area contributed by atoms with Crippen LogP contribution in [0.15, 0.2) is 60.9 Å². The van der Waals surface area contributed by atoms with E-state index in [0.29, 0.717) is 42.2 Å². The van der Waals surface area contributed by atoms with Gasteiger partial charge in [-0.2, -0.15) is 23.1 Å². The summed E-state index contributed by atoms with van der Waals surface area (Å²) in [5.41, 5.74) is 1.56. The molecule has 0 bridgehead atoms. The molecule has 1 fully saturated rings. The molecule has 2 N–H and O–H groups in total. The number of nitrogens with one attached hydrogen (secondary N) is 2. The van der Waals surface area contributed by atoms with Gasteiger partial charge in [0, 0.05) is 37.4 Å². The Bertz CT molecular complexity index is 1340. The van der Waals surface area contributed by atoms with Crippen LogP contribution in [0.4, 0.5) is 36.3 Å². The minimum absolute atomic E-state index is 0.139. The fourth-order valence-electron chi connectivity index (χ4n) is 3.95. The molecule has 0 spiro atoms. The molecule has 2 aromatic carbocycles. The topological polar surface area (TPSA) is 88.0 Å². The van der Waals surface area contributed by atoms with Crippen LogP contribution in [0.1, 0.15) is 18.4 Å². The third kappa shape index (κ3) is 5.03. The van der Waals surface area contributed by atoms with E-state index in [2.05, 4.69) is 25.6 Å². The number of anilines is 4. The molecule has 1 aliphatic rings. The van der Waals surface area contributed by atoms with Crippen molar-refractivity contribution in [2.24, 2.45) is 0 Å². The maximum absolute atomic E-state index is 12.9. The van der Waals surface area contributed by atoms with Crippen LogP contribution in [-0.4, -0.2) is 43.4 Å². The van der Waals surface area contributed by atoms with Gasteiger partial charge in [0.1, 0.15) is 0 Å². The first-order valence-corrected chi connectivity index (χ1v) is 11.1. The molecule has 1 saturated heterocycles. The molecule has 0 radical (unpaired) electrons. The van der Waals surface area contributed by atoms with Crippen molar-refractivity contribution in [3.8, 4) is 0 Å². The largest absolute Gasteiger partial charge is 0.416 e. The Balaban J connectivity index is 1.46. The molecule has 0 atom stereocenters. The van der Waals surface area contributed by atoms with E-state index >= 15 is 0 Å². The number of aromatic nitrogens is 4. The van der Waals surface area contributed by atoms with E-state index in [9.17, 15) is 18.0 Å². The lowest BCUT2D eigenvalue weighted by Gasteiger charge is -2.16. The van der Waals surface area contributed by atoms with Crippen LogP contribution in [0.25, 0.3) is 11.2 Å². The molecule has 5 rings (SSSR count). The van der Waals surface area contributed by atoms with Gasteiger partial charge in [-0.1, -0.05) is 18.2 Å². The van der Waals surface area contributed by atoms with Gasteiger partial charge >= 0.3 is 6.18 Å². The number of para-hydroxylation sites is 1. The summed E-state index contributed by atoms with van der Waals surface area (Å²) in [6, 6.07) is 14.1. The average Bonchev–Trinajstić information content (AvgIpc) is 3.44. The van der Waals surface area contributed by atoms with Crippen LogP contribution < -0.4 is 10.6 Å². The van der Waals surface area contributed by atoms with Gasteiger partial charge in [0.05, 0.1) is 11.9 Å². The van der Waals surface area contributed by atoms with Crippen LogP contribution in [0.2, 0.25) is 0 Å². The Labute approximate surface area is 198 Å². The molecule has 0 unspecified atom stereocenters. The summed E-state index contributed by atoms with van der Waals surface area (Å²) in [5, 5.41) is 6.23. The van der Waals surface area contributed by atoms with E-state index in [4.69, 9.17) is 0 Å². The third-order valence-corrected chi connectivity index (χ3v) is 5.75. The fraction of sp³-hybridized carbons (Fsp3) is 0.250. The average molecular weight is 481 g/mol. The maximum Gasteiger partial charge on any atom is 0.416 e. The number of alkyl halides is 3. The Morgan fingerprint density at radius 2 is 1.66 bits per heavy atom. The van der Waals surface area contributed by atoms with Crippen molar-refractivity contribution < 1.29 is 18.0 Å². The molecule has 11 heteroatoms. The van der Waals surface area contributed by atoms with Crippen LogP contribution in [0.5, 0.6) is 0 Å². The van der Waals surface area contributed by atoms with Crippen LogP contribution in [-0.2, 0) is 17.5 Å². The number of carbonyl (C=O) groups excluding carboxylic acids is 1. The second kappa shape index (κ2) is 9.24. The minimum Gasteiger partial charge on any atom is -0.341 e. The first-order chi connectivity index (χ1) is 16.9. The number of rotatable bonds is 7. The predicted molar refractivity (Wildman–Crippen MR) is 126 cm³/mol. The summed E-state index contributed by atoms with van der Waals surface area (Å²) in [5.74, 6) is 0.793. The lowest BCUT2D eigenvalue weighted by Crippen LogP contribution is -2.28. The maximum atomic E-state index is 12.9. The first kappa shape index (κ1) is 22.6. The van der Waals surface area contributed by atoms with Gasteiger partial charge in [-0.25, -0.2) is 4.98 Å². The van der Waals surface area contributed by atoms with E-state index in [1.54, 1.807) is 6.33 Å². The van der Waals surface area contributed by atoms with Crippen molar-refractivity contribution in [2.45, 2.75) is 25.6 Å². The molecule has 3 heterocycles. The molecule has 2 aromatic heterocycles. The number of hydrogen-bond acceptors (Lipinski definition) is 6. The van der Waals surface area contributed by atoms with Gasteiger partial charge in [-0.3, -0.25) is 4.79 Å². The molecule has 1 amide bonds. The molecule has 8 nitrogen and oxygen atoms in total. The monoisotopic (exact) mass is 481 g/mol. The molecule has 0 aliphatic carbocycles. The van der Waals surface area contributed by atoms with E-state index in [1.807, 2.05) is 39.8 Å². The van der Waals surface area contributed by atoms with Gasteiger partial charge in [0.2, 0.25) is 11.9 Å². The van der Waals surface area contributed by atoms with Crippen LogP contribution in [0, 0.1) is 0 Å². The summed E-state index contributed by atoms with van der Waals surface area (Å²) < 4.78 is 40.6. The van der Waals surface area contributed by atoms with Crippen molar-refractivity contribution in [3.05, 3.63) is 66.5 Å². The lowest BCUT2D eigenvalue weighted by atomic mass is 10.2. The normalized spacial score (nSPS) is 14.0. The highest BCUT2D eigenvalue weighted by Gasteiger charge is 2.30. The van der Waals surface area contributed by atoms with Crippen molar-refractivity contribution in [3.63, 3.8) is 0 Å². The zero-order chi connectivity index (χ0) is 24.4. The number of hydrogen-bond donors (Lipinski definition) is 2. The Morgan fingerprint density at radius 3 is 2.34 bits per heavy atom. The quantitative estimate of drug-likeness (QED) is 0.388. The standard InChI is InChI=1S/C24H22F3N7O/c25-24(26,27)16-8-10-18(11-9-16)30-23-31-21(29-17-5-2-1-3-6-17)20-22(32-23)34(15-28-20)14-13-33-12-4-7-19(33)35/h1-3,5-6,8-11,15H,4,7,12-14H2,(H2,29,30,31,32). The summed E-state index contributed by atoms with van der Waals surface area (Å²) in [7, 11) is 0. The number of halogens is 3. The molecular weight excluding hydrogens is 459 g/mol. The SMILES string of the molecule is O=C1CCCN1CCn1cnc2c(Nc3ccccc3)nc(Nc3ccc(C(F)(F)F)cc3)nc21. The third-order valence-electron chi connectivity index (χ3n) is 5.75. The summed E-state index contributed by atoms with van der Waals surface area (Å²) in [4.78, 5) is 27.4. The number of fused-ring (bicyclic) bond motifs is 1. The van der Waals surface area contributed by atoms with Gasteiger partial charge < -0.3 is 20.1 Å². The molecule has 1 aliphatic heterocycles. The Kier molecular flexibility index (Phi) is 5.98. The number of nitrogens with zero attached hydrogens (tertiary/aromatic N) is 5. The lowest BCUT2D eigenvalue weighted by molar-refractivity contribution is -0.137. The smallest absolute Gasteiger partial charge is 0.341 e. The van der Waals surface area contributed by atoms with Crippen LogP contribution >= 0.6 is 0 Å². The van der Waals surface area contributed by atoms with E-state index in [-0.39, 0.29) is 11.9 Å². The van der Waals surface area contributed by atoms with Gasteiger partial charge in [0.15, 0.2) is 17.0 Å². The van der Waals surface area contributed by atoms with Crippen molar-refractivity contribution >= 4 is 40.2 Å². The van der Waals surface area contributed by atoms with Crippen LogP contribution in [0.3, 0.4) is 0 Å². The van der Waals surface area contributed by atoms with E-state index < -0.39 is 11.7 Å². The summed E-state index contributed by atoms with van der Waals surface area (Å²) in [6.45, 7) is 1.78. The van der Waals surface area contributed by atoms with Crippen molar-refractivity contribution in [2.75, 3.05) is 23.7 Å². The molecule has 35 heavy (non-hydrogen) atoms. The molecular formula is C24H22F3N7O.